The molecule has 0 aromatic heterocycles. The van der Waals surface area contributed by atoms with Crippen molar-refractivity contribution in [2.45, 2.75) is 18.9 Å². The molecule has 0 aliphatic carbocycles. The quantitative estimate of drug-likeness (QED) is 0.572. The highest BCUT2D eigenvalue weighted by Gasteiger charge is 2.32. The Labute approximate surface area is 212 Å². The van der Waals surface area contributed by atoms with Crippen molar-refractivity contribution in [1.29, 1.82) is 0 Å². The molecule has 2 aromatic rings. The lowest BCUT2D eigenvalue weighted by Crippen LogP contribution is -2.41. The van der Waals surface area contributed by atoms with Crippen molar-refractivity contribution in [1.82, 2.24) is 9.80 Å². The Kier molecular flexibility index (Phi) is 8.66. The number of morpholine rings is 1. The molecule has 2 aliphatic rings. The average molecular weight is 497 g/mol. The number of ether oxygens (including phenoxy) is 3. The van der Waals surface area contributed by atoms with E-state index >= 15 is 0 Å². The van der Waals surface area contributed by atoms with E-state index in [1.807, 2.05) is 47.4 Å². The summed E-state index contributed by atoms with van der Waals surface area (Å²) >= 11 is 0. The molecule has 2 amide bonds. The zero-order chi connectivity index (χ0) is 25.5. The summed E-state index contributed by atoms with van der Waals surface area (Å²) in [4.78, 5) is 31.7. The Morgan fingerprint density at radius 2 is 1.78 bits per heavy atom. The second-order valence-corrected chi connectivity index (χ2v) is 9.22. The molecule has 0 bridgehead atoms. The summed E-state index contributed by atoms with van der Waals surface area (Å²) in [5, 5.41) is 2.93. The predicted molar refractivity (Wildman–Crippen MR) is 139 cm³/mol. The molecule has 0 radical (unpaired) electrons. The van der Waals surface area contributed by atoms with Crippen molar-refractivity contribution in [3.8, 4) is 11.5 Å². The van der Waals surface area contributed by atoms with Crippen molar-refractivity contribution >= 4 is 23.2 Å². The van der Waals surface area contributed by atoms with Gasteiger partial charge in [0.25, 0.3) is 0 Å². The van der Waals surface area contributed by atoms with Crippen LogP contribution in [0.3, 0.4) is 0 Å². The number of nitrogens with one attached hydrogen (secondary N) is 1. The lowest BCUT2D eigenvalue weighted by Gasteiger charge is -2.29. The molecule has 2 heterocycles. The van der Waals surface area contributed by atoms with E-state index in [4.69, 9.17) is 14.2 Å². The minimum absolute atomic E-state index is 0.000496. The van der Waals surface area contributed by atoms with Gasteiger partial charge in [-0.25, -0.2) is 0 Å². The number of carbonyl (C=O) groups excluding carboxylic acids is 2. The summed E-state index contributed by atoms with van der Waals surface area (Å²) in [7, 11) is 5.03. The van der Waals surface area contributed by atoms with E-state index in [1.54, 1.807) is 26.2 Å². The van der Waals surface area contributed by atoms with Gasteiger partial charge < -0.3 is 29.3 Å². The molecule has 194 valence electrons. The smallest absolute Gasteiger partial charge is 0.238 e. The second-order valence-electron chi connectivity index (χ2n) is 9.22. The number of hydrogen-bond acceptors (Lipinski definition) is 7. The van der Waals surface area contributed by atoms with Gasteiger partial charge in [0.15, 0.2) is 0 Å². The number of nitrogens with zero attached hydrogens (tertiary/aromatic N) is 3. The maximum absolute atomic E-state index is 13.2. The summed E-state index contributed by atoms with van der Waals surface area (Å²) in [6.45, 7) is 4.18. The second kappa shape index (κ2) is 12.1. The molecular formula is C27H36N4O5. The van der Waals surface area contributed by atoms with Crippen LogP contribution in [-0.4, -0.2) is 88.8 Å². The van der Waals surface area contributed by atoms with E-state index in [1.165, 1.54) is 0 Å². The van der Waals surface area contributed by atoms with Gasteiger partial charge in [0.2, 0.25) is 11.8 Å². The summed E-state index contributed by atoms with van der Waals surface area (Å²) in [5.74, 6) is 1.28. The van der Waals surface area contributed by atoms with E-state index < -0.39 is 0 Å². The number of hydrogen-bond donors (Lipinski definition) is 1. The predicted octanol–water partition coefficient (Wildman–Crippen LogP) is 2.77. The Morgan fingerprint density at radius 1 is 1.03 bits per heavy atom. The number of benzene rings is 2. The Hall–Kier alpha value is -3.30. The minimum atomic E-state index is -0.154. The van der Waals surface area contributed by atoms with E-state index in [0.717, 1.165) is 56.1 Å². The molecule has 0 spiro atoms. The molecule has 0 saturated carbocycles. The van der Waals surface area contributed by atoms with Crippen molar-refractivity contribution in [2.24, 2.45) is 0 Å². The highest BCUT2D eigenvalue weighted by molar-refractivity contribution is 5.92. The van der Waals surface area contributed by atoms with Crippen LogP contribution < -0.4 is 19.7 Å². The SMILES string of the molecule is COc1ccc(C2CCCN2C(=O)CN(C)CC(=O)Nc2ccc(N3CCOCC3)cc2)c(OC)c1. The van der Waals surface area contributed by atoms with Crippen LogP contribution in [0.2, 0.25) is 0 Å². The average Bonchev–Trinajstić information content (AvgIpc) is 3.39. The number of methoxy groups -OCH3 is 2. The van der Waals surface area contributed by atoms with E-state index in [0.29, 0.717) is 18.0 Å². The zero-order valence-electron chi connectivity index (χ0n) is 21.4. The molecule has 2 saturated heterocycles. The third-order valence-electron chi connectivity index (χ3n) is 6.72. The number of anilines is 2. The third-order valence-corrected chi connectivity index (χ3v) is 6.72. The van der Waals surface area contributed by atoms with E-state index in [-0.39, 0.29) is 30.9 Å². The van der Waals surface area contributed by atoms with Crippen LogP contribution in [0.1, 0.15) is 24.4 Å². The van der Waals surface area contributed by atoms with E-state index in [9.17, 15) is 9.59 Å². The van der Waals surface area contributed by atoms with Crippen LogP contribution in [0.15, 0.2) is 42.5 Å². The monoisotopic (exact) mass is 496 g/mol. The maximum atomic E-state index is 13.2. The van der Waals surface area contributed by atoms with E-state index in [2.05, 4.69) is 10.2 Å². The summed E-state index contributed by atoms with van der Waals surface area (Å²) in [6.07, 6.45) is 1.80. The first kappa shape index (κ1) is 25.8. The fourth-order valence-electron chi connectivity index (χ4n) is 4.88. The fourth-order valence-corrected chi connectivity index (χ4v) is 4.88. The van der Waals surface area contributed by atoms with Crippen molar-refractivity contribution in [2.75, 3.05) is 77.4 Å². The molecule has 2 fully saturated rings. The van der Waals surface area contributed by atoms with Gasteiger partial charge in [-0.2, -0.15) is 0 Å². The Bertz CT molecular complexity index is 1040. The molecule has 1 N–H and O–H groups in total. The van der Waals surface area contributed by atoms with Crippen LogP contribution in [0.4, 0.5) is 11.4 Å². The summed E-state index contributed by atoms with van der Waals surface area (Å²) in [5.41, 5.74) is 2.83. The molecule has 4 rings (SSSR count). The fraction of sp³-hybridized carbons (Fsp3) is 0.481. The molecule has 9 heteroatoms. The van der Waals surface area contributed by atoms with Crippen molar-refractivity contribution in [3.63, 3.8) is 0 Å². The third kappa shape index (κ3) is 6.27. The van der Waals surface area contributed by atoms with Gasteiger partial charge in [-0.1, -0.05) is 0 Å². The summed E-state index contributed by atoms with van der Waals surface area (Å²) in [6, 6.07) is 13.5. The first-order valence-electron chi connectivity index (χ1n) is 12.4. The highest BCUT2D eigenvalue weighted by Crippen LogP contribution is 2.38. The van der Waals surface area contributed by atoms with Gasteiger partial charge >= 0.3 is 0 Å². The lowest BCUT2D eigenvalue weighted by molar-refractivity contribution is -0.133. The van der Waals surface area contributed by atoms with Gasteiger partial charge in [-0.05, 0) is 56.3 Å². The van der Waals surface area contributed by atoms with Gasteiger partial charge in [0.05, 0.1) is 46.6 Å². The molecule has 2 aromatic carbocycles. The van der Waals surface area contributed by atoms with Crippen molar-refractivity contribution < 1.29 is 23.8 Å². The maximum Gasteiger partial charge on any atom is 0.238 e. The highest BCUT2D eigenvalue weighted by atomic mass is 16.5. The number of amides is 2. The van der Waals surface area contributed by atoms with Crippen LogP contribution in [0.5, 0.6) is 11.5 Å². The molecule has 36 heavy (non-hydrogen) atoms. The van der Waals surface area contributed by atoms with Crippen LogP contribution >= 0.6 is 0 Å². The largest absolute Gasteiger partial charge is 0.497 e. The molecule has 9 nitrogen and oxygen atoms in total. The number of rotatable bonds is 9. The standard InChI is InChI=1S/C27H36N4O5/c1-29(18-26(32)28-20-6-8-21(9-7-20)30-13-15-36-16-14-30)19-27(33)31-12-4-5-24(31)23-11-10-22(34-2)17-25(23)35-3/h6-11,17,24H,4-5,12-16,18-19H2,1-3H3,(H,28,32). The summed E-state index contributed by atoms with van der Waals surface area (Å²) < 4.78 is 16.3. The lowest BCUT2D eigenvalue weighted by atomic mass is 10.0. The van der Waals surface area contributed by atoms with Gasteiger partial charge in [0, 0.05) is 42.6 Å². The number of likely N-dealkylation sites (tertiary alicyclic amines) is 1. The van der Waals surface area contributed by atoms with Crippen LogP contribution in [0.25, 0.3) is 0 Å². The number of carbonyl (C=O) groups is 2. The number of likely N-dealkylation sites (N-methyl/N-ethyl adjacent to an activating group) is 1. The Balaban J connectivity index is 1.30. The molecule has 1 atom stereocenters. The normalized spacial score (nSPS) is 17.8. The van der Waals surface area contributed by atoms with Crippen LogP contribution in [-0.2, 0) is 14.3 Å². The molecule has 2 aliphatic heterocycles. The first-order valence-corrected chi connectivity index (χ1v) is 12.4. The van der Waals surface area contributed by atoms with Gasteiger partial charge in [0.1, 0.15) is 11.5 Å². The first-order chi connectivity index (χ1) is 17.5. The Morgan fingerprint density at radius 3 is 2.47 bits per heavy atom. The zero-order valence-corrected chi connectivity index (χ0v) is 21.4. The van der Waals surface area contributed by atoms with Crippen LogP contribution in [0, 0.1) is 0 Å². The molecular weight excluding hydrogens is 460 g/mol. The van der Waals surface area contributed by atoms with Gasteiger partial charge in [-0.3, -0.25) is 14.5 Å². The molecule has 1 unspecified atom stereocenters. The topological polar surface area (TPSA) is 83.6 Å². The van der Waals surface area contributed by atoms with Crippen molar-refractivity contribution in [3.05, 3.63) is 48.0 Å². The van der Waals surface area contributed by atoms with Gasteiger partial charge in [-0.15, -0.1) is 0 Å². The minimum Gasteiger partial charge on any atom is -0.497 e.